The number of hydrogen-bond acceptors (Lipinski definition) is 3. The zero-order chi connectivity index (χ0) is 15.5. The monoisotopic (exact) mass is 316 g/mol. The molecule has 2 fully saturated rings. The van der Waals surface area contributed by atoms with Crippen molar-refractivity contribution in [2.75, 3.05) is 11.5 Å². The van der Waals surface area contributed by atoms with Crippen LogP contribution in [0.3, 0.4) is 0 Å². The number of aliphatic carboxylic acids is 1. The van der Waals surface area contributed by atoms with Crippen LogP contribution in [-0.2, 0) is 15.6 Å². The highest BCUT2D eigenvalue weighted by atomic mass is 32.2. The maximum absolute atomic E-state index is 12.1. The number of carbonyl (C=O) groups is 2. The largest absolute Gasteiger partial charge is 0.480 e. The van der Waals surface area contributed by atoms with Crippen molar-refractivity contribution >= 4 is 22.8 Å². The van der Waals surface area contributed by atoms with Gasteiger partial charge in [-0.25, -0.2) is 9.59 Å². The number of amides is 2. The molecule has 0 aromatic rings. The summed E-state index contributed by atoms with van der Waals surface area (Å²) in [6, 6.07) is -0.416. The van der Waals surface area contributed by atoms with Crippen molar-refractivity contribution in [3.8, 4) is 0 Å². The van der Waals surface area contributed by atoms with Crippen molar-refractivity contribution in [3.63, 3.8) is 0 Å². The van der Waals surface area contributed by atoms with Gasteiger partial charge in [-0.3, -0.25) is 4.21 Å². The fourth-order valence-electron chi connectivity index (χ4n) is 3.02. The van der Waals surface area contributed by atoms with Crippen molar-refractivity contribution in [3.05, 3.63) is 0 Å². The van der Waals surface area contributed by atoms with E-state index in [0.29, 0.717) is 43.1 Å². The molecule has 1 heterocycles. The van der Waals surface area contributed by atoms with E-state index in [1.807, 2.05) is 0 Å². The summed E-state index contributed by atoms with van der Waals surface area (Å²) >= 11 is 0. The van der Waals surface area contributed by atoms with Crippen molar-refractivity contribution < 1.29 is 18.9 Å². The molecule has 0 bridgehead atoms. The van der Waals surface area contributed by atoms with E-state index in [1.54, 1.807) is 0 Å². The van der Waals surface area contributed by atoms with E-state index >= 15 is 0 Å². The molecule has 120 valence electrons. The van der Waals surface area contributed by atoms with Crippen LogP contribution in [0.1, 0.15) is 45.4 Å². The standard InChI is InChI=1S/C14H24N2O4S/c1-10-2-6-14(7-3-10,12(17)18)16-13(19)15-11-4-8-21(20)9-5-11/h10-11H,2-9H2,1H3,(H,17,18)(H2,15,16,19). The SMILES string of the molecule is CC1CCC(NC(=O)NC2CCS(=O)CC2)(C(=O)O)CC1. The highest BCUT2D eigenvalue weighted by molar-refractivity contribution is 7.85. The molecule has 0 spiro atoms. The summed E-state index contributed by atoms with van der Waals surface area (Å²) in [4.78, 5) is 23.7. The van der Waals surface area contributed by atoms with Crippen molar-refractivity contribution in [1.29, 1.82) is 0 Å². The Hall–Kier alpha value is -1.11. The van der Waals surface area contributed by atoms with Crippen LogP contribution in [0.15, 0.2) is 0 Å². The zero-order valence-corrected chi connectivity index (χ0v) is 13.2. The van der Waals surface area contributed by atoms with E-state index in [9.17, 15) is 18.9 Å². The maximum Gasteiger partial charge on any atom is 0.329 e. The molecule has 0 atom stereocenters. The zero-order valence-electron chi connectivity index (χ0n) is 12.4. The number of hydrogen-bond donors (Lipinski definition) is 3. The van der Waals surface area contributed by atoms with E-state index < -0.39 is 28.3 Å². The molecule has 0 unspecified atom stereocenters. The Morgan fingerprint density at radius 1 is 1.14 bits per heavy atom. The topological polar surface area (TPSA) is 95.5 Å². The van der Waals surface area contributed by atoms with Crippen LogP contribution < -0.4 is 10.6 Å². The van der Waals surface area contributed by atoms with E-state index in [-0.39, 0.29) is 6.04 Å². The fourth-order valence-corrected chi connectivity index (χ4v) is 4.32. The molecule has 21 heavy (non-hydrogen) atoms. The summed E-state index contributed by atoms with van der Waals surface area (Å²) in [7, 11) is -0.767. The number of nitrogens with one attached hydrogen (secondary N) is 2. The first-order valence-corrected chi connectivity index (χ1v) is 9.07. The first-order chi connectivity index (χ1) is 9.91. The lowest BCUT2D eigenvalue weighted by Crippen LogP contribution is -2.60. The molecule has 1 saturated heterocycles. The predicted molar refractivity (Wildman–Crippen MR) is 80.6 cm³/mol. The molecule has 0 radical (unpaired) electrons. The first kappa shape index (κ1) is 16.3. The molecule has 1 aliphatic carbocycles. The molecule has 0 aromatic carbocycles. The van der Waals surface area contributed by atoms with Crippen LogP contribution in [0.25, 0.3) is 0 Å². The summed E-state index contributed by atoms with van der Waals surface area (Å²) in [5.74, 6) is 0.768. The Morgan fingerprint density at radius 3 is 2.24 bits per heavy atom. The average molecular weight is 316 g/mol. The Kier molecular flexibility index (Phi) is 5.24. The van der Waals surface area contributed by atoms with E-state index in [4.69, 9.17) is 0 Å². The summed E-state index contributed by atoms with van der Waals surface area (Å²) in [5.41, 5.74) is -1.13. The molecule has 6 nitrogen and oxygen atoms in total. The highest BCUT2D eigenvalue weighted by Crippen LogP contribution is 2.32. The molecular weight excluding hydrogens is 292 g/mol. The van der Waals surface area contributed by atoms with Gasteiger partial charge in [-0.2, -0.15) is 0 Å². The van der Waals surface area contributed by atoms with Gasteiger partial charge in [0.15, 0.2) is 0 Å². The second-order valence-corrected chi connectivity index (χ2v) is 7.99. The molecule has 3 N–H and O–H groups in total. The van der Waals surface area contributed by atoms with Gasteiger partial charge in [-0.15, -0.1) is 0 Å². The second kappa shape index (κ2) is 6.77. The number of urea groups is 1. The lowest BCUT2D eigenvalue weighted by molar-refractivity contribution is -0.146. The van der Waals surface area contributed by atoms with Crippen LogP contribution in [0, 0.1) is 5.92 Å². The lowest BCUT2D eigenvalue weighted by Gasteiger charge is -2.37. The predicted octanol–water partition coefficient (Wildman–Crippen LogP) is 1.23. The molecular formula is C14H24N2O4S. The van der Waals surface area contributed by atoms with Gasteiger partial charge in [0.2, 0.25) is 0 Å². The molecule has 7 heteroatoms. The Balaban J connectivity index is 1.90. The number of rotatable bonds is 3. The second-order valence-electron chi connectivity index (χ2n) is 6.29. The minimum atomic E-state index is -1.13. The molecule has 0 aromatic heterocycles. The third kappa shape index (κ3) is 4.18. The summed E-state index contributed by atoms with van der Waals surface area (Å²) in [6.07, 6.45) is 3.97. The Labute approximate surface area is 127 Å². The summed E-state index contributed by atoms with van der Waals surface area (Å²) < 4.78 is 11.3. The summed E-state index contributed by atoms with van der Waals surface area (Å²) in [5, 5.41) is 15.0. The van der Waals surface area contributed by atoms with Crippen LogP contribution in [0.5, 0.6) is 0 Å². The van der Waals surface area contributed by atoms with Gasteiger partial charge >= 0.3 is 12.0 Å². The highest BCUT2D eigenvalue weighted by Gasteiger charge is 2.42. The van der Waals surface area contributed by atoms with Crippen LogP contribution in [0.2, 0.25) is 0 Å². The van der Waals surface area contributed by atoms with Crippen LogP contribution in [-0.4, -0.2) is 44.4 Å². The van der Waals surface area contributed by atoms with Crippen LogP contribution >= 0.6 is 0 Å². The van der Waals surface area contributed by atoms with Crippen molar-refractivity contribution in [1.82, 2.24) is 10.6 Å². The lowest BCUT2D eigenvalue weighted by atomic mass is 9.77. The van der Waals surface area contributed by atoms with Gasteiger partial charge in [0.25, 0.3) is 0 Å². The Morgan fingerprint density at radius 2 is 1.71 bits per heavy atom. The van der Waals surface area contributed by atoms with Gasteiger partial charge < -0.3 is 15.7 Å². The smallest absolute Gasteiger partial charge is 0.329 e. The minimum Gasteiger partial charge on any atom is -0.480 e. The minimum absolute atomic E-state index is 0.00365. The third-order valence-electron chi connectivity index (χ3n) is 4.61. The van der Waals surface area contributed by atoms with Gasteiger partial charge in [-0.1, -0.05) is 6.92 Å². The third-order valence-corrected chi connectivity index (χ3v) is 6.00. The molecule has 2 rings (SSSR count). The molecule has 2 aliphatic rings. The van der Waals surface area contributed by atoms with Crippen LogP contribution in [0.4, 0.5) is 4.79 Å². The van der Waals surface area contributed by atoms with E-state index in [1.165, 1.54) is 0 Å². The number of carboxylic acids is 1. The Bertz CT molecular complexity index is 423. The van der Waals surface area contributed by atoms with Gasteiger partial charge in [0.05, 0.1) is 0 Å². The fraction of sp³-hybridized carbons (Fsp3) is 0.857. The molecule has 1 aliphatic heterocycles. The quantitative estimate of drug-likeness (QED) is 0.730. The van der Waals surface area contributed by atoms with Crippen molar-refractivity contribution in [2.24, 2.45) is 5.92 Å². The molecule has 2 amide bonds. The number of carbonyl (C=O) groups excluding carboxylic acids is 1. The normalized spacial score (nSPS) is 36.7. The number of carboxylic acid groups (broad SMARTS) is 1. The van der Waals surface area contributed by atoms with Gasteiger partial charge in [-0.05, 0) is 44.4 Å². The molecule has 1 saturated carbocycles. The van der Waals surface area contributed by atoms with E-state index in [0.717, 1.165) is 12.8 Å². The van der Waals surface area contributed by atoms with Crippen molar-refractivity contribution in [2.45, 2.75) is 57.0 Å². The average Bonchev–Trinajstić information content (AvgIpc) is 2.44. The first-order valence-electron chi connectivity index (χ1n) is 7.58. The van der Waals surface area contributed by atoms with Gasteiger partial charge in [0.1, 0.15) is 5.54 Å². The van der Waals surface area contributed by atoms with Gasteiger partial charge in [0, 0.05) is 28.3 Å². The maximum atomic E-state index is 12.1. The van der Waals surface area contributed by atoms with E-state index in [2.05, 4.69) is 17.6 Å². The summed E-state index contributed by atoms with van der Waals surface area (Å²) in [6.45, 7) is 2.11.